The zero-order valence-electron chi connectivity index (χ0n) is 9.33. The Labute approximate surface area is 92.7 Å². The number of rotatable bonds is 9. The van der Waals surface area contributed by atoms with Crippen LogP contribution in [0.5, 0.6) is 0 Å². The normalized spacial score (nSPS) is 12.2. The molecule has 8 heteroatoms. The molecule has 0 unspecified atom stereocenters. The lowest BCUT2D eigenvalue weighted by Crippen LogP contribution is -2.24. The van der Waals surface area contributed by atoms with Crippen LogP contribution < -0.4 is 0 Å². The predicted octanol–water partition coefficient (Wildman–Crippen LogP) is 1.60. The molecule has 0 fully saturated rings. The maximum atomic E-state index is 10.1. The summed E-state index contributed by atoms with van der Waals surface area (Å²) in [6.07, 6.45) is 1.08. The molecule has 0 rings (SSSR count). The van der Waals surface area contributed by atoms with Crippen molar-refractivity contribution in [1.29, 1.82) is 0 Å². The van der Waals surface area contributed by atoms with Gasteiger partial charge in [-0.15, -0.1) is 20.2 Å². The van der Waals surface area contributed by atoms with E-state index in [4.69, 9.17) is 0 Å². The molecule has 0 saturated heterocycles. The highest BCUT2D eigenvalue weighted by molar-refractivity contribution is 4.56. The molecule has 0 bridgehead atoms. The van der Waals surface area contributed by atoms with Gasteiger partial charge in [-0.25, -0.2) is 0 Å². The van der Waals surface area contributed by atoms with E-state index < -0.39 is 22.9 Å². The molecule has 0 aliphatic carbocycles. The summed E-state index contributed by atoms with van der Waals surface area (Å²) in [4.78, 5) is 28.4. The average Bonchev–Trinajstić information content (AvgIpc) is 2.12. The molecule has 0 heterocycles. The maximum Gasteiger partial charge on any atom is 0.294 e. The van der Waals surface area contributed by atoms with Crippen molar-refractivity contribution in [1.82, 2.24) is 0 Å². The van der Waals surface area contributed by atoms with Crippen LogP contribution in [0.3, 0.4) is 0 Å². The van der Waals surface area contributed by atoms with E-state index in [1.165, 1.54) is 0 Å². The topological polar surface area (TPSA) is 105 Å². The Morgan fingerprint density at radius 3 is 2.19 bits per heavy atom. The fraction of sp³-hybridized carbons (Fsp3) is 1.00. The molecule has 8 nitrogen and oxygen atoms in total. The Morgan fingerprint density at radius 1 is 1.12 bits per heavy atom. The fourth-order valence-corrected chi connectivity index (χ4v) is 1.19. The molecule has 0 aromatic heterocycles. The van der Waals surface area contributed by atoms with Gasteiger partial charge >= 0.3 is 0 Å². The van der Waals surface area contributed by atoms with Crippen LogP contribution in [-0.4, -0.2) is 22.9 Å². The molecule has 0 N–H and O–H groups in total. The molecule has 0 saturated carbocycles. The lowest BCUT2D eigenvalue weighted by Gasteiger charge is -2.13. The van der Waals surface area contributed by atoms with Gasteiger partial charge in [-0.3, -0.25) is 0 Å². The second-order valence-electron chi connectivity index (χ2n) is 3.80. The van der Waals surface area contributed by atoms with E-state index in [9.17, 15) is 20.2 Å². The Morgan fingerprint density at radius 2 is 1.75 bits per heavy atom. The van der Waals surface area contributed by atoms with Crippen molar-refractivity contribution in [2.45, 2.75) is 39.2 Å². The van der Waals surface area contributed by atoms with Crippen molar-refractivity contribution in [2.75, 3.05) is 6.61 Å². The van der Waals surface area contributed by atoms with Crippen LogP contribution in [0.2, 0.25) is 0 Å². The van der Waals surface area contributed by atoms with E-state index in [0.29, 0.717) is 18.8 Å². The molecule has 0 aromatic rings. The number of hydrogen-bond acceptors (Lipinski definition) is 6. The largest absolute Gasteiger partial charge is 0.312 e. The van der Waals surface area contributed by atoms with Crippen molar-refractivity contribution in [3.05, 3.63) is 20.2 Å². The van der Waals surface area contributed by atoms with Crippen LogP contribution in [-0.2, 0) is 9.68 Å². The first kappa shape index (κ1) is 14.4. The molecule has 0 aliphatic heterocycles. The average molecular weight is 236 g/mol. The molecule has 1 atom stereocenters. The second kappa shape index (κ2) is 7.66. The van der Waals surface area contributed by atoms with E-state index >= 15 is 0 Å². The zero-order valence-corrected chi connectivity index (χ0v) is 9.33. The lowest BCUT2D eigenvalue weighted by molar-refractivity contribution is -0.790. The van der Waals surface area contributed by atoms with Gasteiger partial charge in [-0.05, 0) is 12.3 Å². The molecule has 0 spiro atoms. The third-order valence-corrected chi connectivity index (χ3v) is 1.91. The molecule has 16 heavy (non-hydrogen) atoms. The van der Waals surface area contributed by atoms with Crippen LogP contribution in [0.4, 0.5) is 0 Å². The van der Waals surface area contributed by atoms with Gasteiger partial charge < -0.3 is 9.68 Å². The minimum atomic E-state index is -0.987. The van der Waals surface area contributed by atoms with Gasteiger partial charge in [0, 0.05) is 0 Å². The summed E-state index contributed by atoms with van der Waals surface area (Å²) in [5.41, 5.74) is 0. The first-order valence-corrected chi connectivity index (χ1v) is 5.00. The standard InChI is InChI=1S/C8H16N2O6/c1-7(2)4-3-5-8(16-10(13)14)6-15-9(11)12/h7-8H,3-6H2,1-2H3/t8-/m0/s1. The predicted molar refractivity (Wildman–Crippen MR) is 53.5 cm³/mol. The van der Waals surface area contributed by atoms with E-state index in [1.807, 2.05) is 13.8 Å². The first-order chi connectivity index (χ1) is 7.41. The van der Waals surface area contributed by atoms with Crippen LogP contribution >= 0.6 is 0 Å². The van der Waals surface area contributed by atoms with Crippen LogP contribution in [0.15, 0.2) is 0 Å². The monoisotopic (exact) mass is 236 g/mol. The Hall–Kier alpha value is -1.60. The summed E-state index contributed by atoms with van der Waals surface area (Å²) >= 11 is 0. The third-order valence-electron chi connectivity index (χ3n) is 1.91. The summed E-state index contributed by atoms with van der Waals surface area (Å²) in [5, 5.41) is 18.1. The molecule has 0 aliphatic rings. The number of hydrogen-bond donors (Lipinski definition) is 0. The van der Waals surface area contributed by atoms with Gasteiger partial charge in [0.05, 0.1) is 0 Å². The minimum Gasteiger partial charge on any atom is -0.312 e. The summed E-state index contributed by atoms with van der Waals surface area (Å²) in [6.45, 7) is 3.64. The van der Waals surface area contributed by atoms with Crippen molar-refractivity contribution in [3.8, 4) is 0 Å². The first-order valence-electron chi connectivity index (χ1n) is 5.00. The van der Waals surface area contributed by atoms with Gasteiger partial charge in [0.2, 0.25) is 0 Å². The van der Waals surface area contributed by atoms with E-state index in [-0.39, 0.29) is 0 Å². The van der Waals surface area contributed by atoms with E-state index in [1.54, 1.807) is 0 Å². The van der Waals surface area contributed by atoms with Gasteiger partial charge in [-0.2, -0.15) is 0 Å². The lowest BCUT2D eigenvalue weighted by atomic mass is 10.0. The number of nitrogens with zero attached hydrogens (tertiary/aromatic N) is 2. The Kier molecular flexibility index (Phi) is 6.89. The minimum absolute atomic E-state index is 0.368. The molecular weight excluding hydrogens is 220 g/mol. The maximum absolute atomic E-state index is 10.1. The summed E-state index contributed by atoms with van der Waals surface area (Å²) in [5.74, 6) is 0.479. The van der Waals surface area contributed by atoms with E-state index in [0.717, 1.165) is 6.42 Å². The van der Waals surface area contributed by atoms with Crippen molar-refractivity contribution in [2.24, 2.45) is 5.92 Å². The smallest absolute Gasteiger partial charge is 0.294 e. The van der Waals surface area contributed by atoms with Crippen molar-refractivity contribution in [3.63, 3.8) is 0 Å². The summed E-state index contributed by atoms with van der Waals surface area (Å²) in [6, 6.07) is 0. The molecule has 0 radical (unpaired) electrons. The highest BCUT2D eigenvalue weighted by Gasteiger charge is 2.15. The van der Waals surface area contributed by atoms with Crippen molar-refractivity contribution >= 4 is 0 Å². The third kappa shape index (κ3) is 8.97. The Bertz CT molecular complexity index is 233. The zero-order chi connectivity index (χ0) is 12.6. The van der Waals surface area contributed by atoms with Crippen molar-refractivity contribution < 1.29 is 19.8 Å². The van der Waals surface area contributed by atoms with Crippen LogP contribution in [0, 0.1) is 26.1 Å². The second-order valence-corrected chi connectivity index (χ2v) is 3.80. The van der Waals surface area contributed by atoms with Gasteiger partial charge in [0.25, 0.3) is 10.2 Å². The van der Waals surface area contributed by atoms with Gasteiger partial charge in [-0.1, -0.05) is 26.7 Å². The highest BCUT2D eigenvalue weighted by Crippen LogP contribution is 2.11. The fourth-order valence-electron chi connectivity index (χ4n) is 1.19. The molecule has 0 aromatic carbocycles. The molecule has 94 valence electrons. The van der Waals surface area contributed by atoms with Crippen LogP contribution in [0.25, 0.3) is 0 Å². The molecule has 0 amide bonds. The van der Waals surface area contributed by atoms with Crippen LogP contribution in [0.1, 0.15) is 33.1 Å². The SMILES string of the molecule is CC(C)CCC[C@@H](CO[N+](=O)[O-])O[N+](=O)[O-]. The quantitative estimate of drug-likeness (QED) is 0.444. The molecular formula is C8H16N2O6. The van der Waals surface area contributed by atoms with Gasteiger partial charge in [0.15, 0.2) is 0 Å². The Balaban J connectivity index is 3.89. The van der Waals surface area contributed by atoms with E-state index in [2.05, 4.69) is 9.68 Å². The summed E-state index contributed by atoms with van der Waals surface area (Å²) in [7, 11) is 0. The highest BCUT2D eigenvalue weighted by atomic mass is 17.0. The summed E-state index contributed by atoms with van der Waals surface area (Å²) < 4.78 is 0. The van der Waals surface area contributed by atoms with Gasteiger partial charge in [0.1, 0.15) is 12.7 Å².